The largest absolute Gasteiger partial charge is 0.495 e. The summed E-state index contributed by atoms with van der Waals surface area (Å²) in [6, 6.07) is 10.8. The number of nitrogens with one attached hydrogen (secondary N) is 1. The molecule has 3 heteroatoms. The molecular formula is C18H20ClNO. The second-order valence-electron chi connectivity index (χ2n) is 5.63. The molecule has 3 rings (SSSR count). The predicted octanol–water partition coefficient (Wildman–Crippen LogP) is 4.20. The summed E-state index contributed by atoms with van der Waals surface area (Å²) in [6.45, 7) is 5.31. The summed E-state index contributed by atoms with van der Waals surface area (Å²) in [5.74, 6) is 0.746. The molecule has 110 valence electrons. The van der Waals surface area contributed by atoms with E-state index in [4.69, 9.17) is 16.3 Å². The van der Waals surface area contributed by atoms with Gasteiger partial charge in [-0.15, -0.1) is 0 Å². The van der Waals surface area contributed by atoms with Crippen LogP contribution in [0.4, 0.5) is 0 Å². The van der Waals surface area contributed by atoms with Gasteiger partial charge >= 0.3 is 0 Å². The Kier molecular flexibility index (Phi) is 3.92. The third kappa shape index (κ3) is 2.54. The van der Waals surface area contributed by atoms with Crippen LogP contribution in [0.1, 0.15) is 33.9 Å². The van der Waals surface area contributed by atoms with E-state index < -0.39 is 0 Å². The van der Waals surface area contributed by atoms with E-state index in [2.05, 4.69) is 49.5 Å². The van der Waals surface area contributed by atoms with Crippen LogP contribution in [0.3, 0.4) is 0 Å². The molecule has 1 heterocycles. The summed E-state index contributed by atoms with van der Waals surface area (Å²) in [6.07, 6.45) is 1.00. The summed E-state index contributed by atoms with van der Waals surface area (Å²) in [7, 11) is 1.66. The van der Waals surface area contributed by atoms with Crippen molar-refractivity contribution in [2.24, 2.45) is 0 Å². The number of methoxy groups -OCH3 is 1. The zero-order chi connectivity index (χ0) is 15.0. The van der Waals surface area contributed by atoms with Gasteiger partial charge in [0.25, 0.3) is 0 Å². The minimum Gasteiger partial charge on any atom is -0.495 e. The second-order valence-corrected chi connectivity index (χ2v) is 6.04. The van der Waals surface area contributed by atoms with Crippen molar-refractivity contribution in [3.63, 3.8) is 0 Å². The summed E-state index contributed by atoms with van der Waals surface area (Å²) in [5, 5.41) is 4.34. The maximum absolute atomic E-state index is 6.27. The Labute approximate surface area is 131 Å². The van der Waals surface area contributed by atoms with E-state index in [1.54, 1.807) is 7.11 Å². The van der Waals surface area contributed by atoms with Gasteiger partial charge in [-0.3, -0.25) is 0 Å². The van der Waals surface area contributed by atoms with Gasteiger partial charge in [0.05, 0.1) is 18.2 Å². The van der Waals surface area contributed by atoms with Crippen LogP contribution >= 0.6 is 11.6 Å². The Hall–Kier alpha value is -1.51. The van der Waals surface area contributed by atoms with Crippen molar-refractivity contribution in [3.8, 4) is 5.75 Å². The number of aryl methyl sites for hydroxylation is 2. The highest BCUT2D eigenvalue weighted by Gasteiger charge is 2.25. The Bertz CT molecular complexity index is 661. The molecule has 1 atom stereocenters. The number of hydrogen-bond donors (Lipinski definition) is 1. The third-order valence-corrected chi connectivity index (χ3v) is 4.59. The molecule has 0 amide bonds. The van der Waals surface area contributed by atoms with Gasteiger partial charge in [0.1, 0.15) is 5.75 Å². The molecule has 0 radical (unpaired) electrons. The van der Waals surface area contributed by atoms with Gasteiger partial charge in [-0.1, -0.05) is 29.8 Å². The van der Waals surface area contributed by atoms with Crippen molar-refractivity contribution >= 4 is 11.6 Å². The molecule has 0 saturated heterocycles. The van der Waals surface area contributed by atoms with E-state index >= 15 is 0 Å². The van der Waals surface area contributed by atoms with Crippen LogP contribution in [0.25, 0.3) is 0 Å². The molecule has 0 saturated carbocycles. The minimum atomic E-state index is 0.209. The van der Waals surface area contributed by atoms with Gasteiger partial charge in [0, 0.05) is 6.54 Å². The number of halogens is 1. The van der Waals surface area contributed by atoms with Crippen LogP contribution in [-0.2, 0) is 6.42 Å². The molecule has 2 nitrogen and oxygen atoms in total. The van der Waals surface area contributed by atoms with Gasteiger partial charge < -0.3 is 10.1 Å². The van der Waals surface area contributed by atoms with Crippen molar-refractivity contribution in [2.75, 3.05) is 13.7 Å². The number of fused-ring (bicyclic) bond motifs is 1. The standard InChI is InChI=1S/C18H20ClNO/c1-11-5-4-6-12(2)17(11)18-14-10-16(21-3)15(19)9-13(14)7-8-20-18/h4-6,9-10,18,20H,7-8H2,1-3H3. The highest BCUT2D eigenvalue weighted by atomic mass is 35.5. The third-order valence-electron chi connectivity index (χ3n) is 4.30. The van der Waals surface area contributed by atoms with Gasteiger partial charge in [-0.2, -0.15) is 0 Å². The molecule has 1 unspecified atom stereocenters. The normalized spacial score (nSPS) is 17.4. The van der Waals surface area contributed by atoms with Crippen molar-refractivity contribution < 1.29 is 4.74 Å². The lowest BCUT2D eigenvalue weighted by molar-refractivity contribution is 0.412. The first-order valence-corrected chi connectivity index (χ1v) is 7.65. The maximum atomic E-state index is 6.27. The molecule has 1 N–H and O–H groups in total. The lowest BCUT2D eigenvalue weighted by atomic mass is 9.86. The average molecular weight is 302 g/mol. The molecule has 0 bridgehead atoms. The van der Waals surface area contributed by atoms with E-state index in [1.165, 1.54) is 27.8 Å². The highest BCUT2D eigenvalue weighted by molar-refractivity contribution is 6.32. The van der Waals surface area contributed by atoms with Gasteiger partial charge in [-0.05, 0) is 60.2 Å². The predicted molar refractivity (Wildman–Crippen MR) is 87.5 cm³/mol. The molecule has 2 aromatic carbocycles. The number of rotatable bonds is 2. The molecule has 0 aliphatic carbocycles. The molecule has 0 aromatic heterocycles. The van der Waals surface area contributed by atoms with E-state index in [0.29, 0.717) is 5.02 Å². The molecule has 2 aromatic rings. The molecule has 0 fully saturated rings. The maximum Gasteiger partial charge on any atom is 0.137 e. The topological polar surface area (TPSA) is 21.3 Å². The Balaban J connectivity index is 2.16. The number of benzene rings is 2. The second kappa shape index (κ2) is 5.70. The van der Waals surface area contributed by atoms with Gasteiger partial charge in [-0.25, -0.2) is 0 Å². The van der Waals surface area contributed by atoms with Gasteiger partial charge in [0.15, 0.2) is 0 Å². The fraction of sp³-hybridized carbons (Fsp3) is 0.333. The lowest BCUT2D eigenvalue weighted by Gasteiger charge is -2.30. The van der Waals surface area contributed by atoms with Crippen LogP contribution in [-0.4, -0.2) is 13.7 Å². The van der Waals surface area contributed by atoms with Gasteiger partial charge in [0.2, 0.25) is 0 Å². The van der Waals surface area contributed by atoms with Crippen molar-refractivity contribution in [2.45, 2.75) is 26.3 Å². The summed E-state index contributed by atoms with van der Waals surface area (Å²) in [4.78, 5) is 0. The highest BCUT2D eigenvalue weighted by Crippen LogP contribution is 2.37. The van der Waals surface area contributed by atoms with E-state index in [0.717, 1.165) is 18.7 Å². The fourth-order valence-electron chi connectivity index (χ4n) is 3.25. The minimum absolute atomic E-state index is 0.209. The van der Waals surface area contributed by atoms with Crippen molar-refractivity contribution in [1.82, 2.24) is 5.32 Å². The Morgan fingerprint density at radius 1 is 1.19 bits per heavy atom. The summed E-state index contributed by atoms with van der Waals surface area (Å²) >= 11 is 6.27. The Morgan fingerprint density at radius 3 is 2.57 bits per heavy atom. The zero-order valence-corrected chi connectivity index (χ0v) is 13.4. The first-order valence-electron chi connectivity index (χ1n) is 7.27. The monoisotopic (exact) mass is 301 g/mol. The van der Waals surface area contributed by atoms with E-state index in [1.807, 2.05) is 0 Å². The zero-order valence-electron chi connectivity index (χ0n) is 12.7. The average Bonchev–Trinajstić information content (AvgIpc) is 2.46. The van der Waals surface area contributed by atoms with Crippen LogP contribution in [0.5, 0.6) is 5.75 Å². The fourth-order valence-corrected chi connectivity index (χ4v) is 3.52. The summed E-state index contributed by atoms with van der Waals surface area (Å²) < 4.78 is 5.40. The molecular weight excluding hydrogens is 282 g/mol. The van der Waals surface area contributed by atoms with Crippen LogP contribution in [0, 0.1) is 13.8 Å². The lowest BCUT2D eigenvalue weighted by Crippen LogP contribution is -2.31. The van der Waals surface area contributed by atoms with Crippen LogP contribution in [0.2, 0.25) is 5.02 Å². The van der Waals surface area contributed by atoms with Crippen LogP contribution in [0.15, 0.2) is 30.3 Å². The molecule has 0 spiro atoms. The van der Waals surface area contributed by atoms with E-state index in [9.17, 15) is 0 Å². The number of hydrogen-bond acceptors (Lipinski definition) is 2. The molecule has 1 aliphatic rings. The van der Waals surface area contributed by atoms with Crippen molar-refractivity contribution in [1.29, 1.82) is 0 Å². The molecule has 21 heavy (non-hydrogen) atoms. The molecule has 1 aliphatic heterocycles. The van der Waals surface area contributed by atoms with Crippen LogP contribution < -0.4 is 10.1 Å². The smallest absolute Gasteiger partial charge is 0.137 e. The first kappa shape index (κ1) is 14.4. The SMILES string of the molecule is COc1cc2c(cc1Cl)CCNC2c1c(C)cccc1C. The first-order chi connectivity index (χ1) is 10.1. The van der Waals surface area contributed by atoms with Crippen molar-refractivity contribution in [3.05, 3.63) is 63.2 Å². The van der Waals surface area contributed by atoms with E-state index in [-0.39, 0.29) is 6.04 Å². The Morgan fingerprint density at radius 2 is 1.90 bits per heavy atom. The number of ether oxygens (including phenoxy) is 1. The summed E-state index contributed by atoms with van der Waals surface area (Å²) in [5.41, 5.74) is 6.58. The quantitative estimate of drug-likeness (QED) is 0.897.